The fraction of sp³-hybridized carbons (Fsp3) is 0.0588. The van der Waals surface area contributed by atoms with Crippen molar-refractivity contribution < 1.29 is 4.92 Å². The van der Waals surface area contributed by atoms with Crippen LogP contribution in [0.15, 0.2) is 53.9 Å². The fourth-order valence-corrected chi connectivity index (χ4v) is 2.34. The number of terminal acetylenes is 1. The first-order valence-corrected chi connectivity index (χ1v) is 7.10. The predicted octanol–water partition coefficient (Wildman–Crippen LogP) is 3.02. The van der Waals surface area contributed by atoms with E-state index in [2.05, 4.69) is 21.4 Å². The molecule has 0 unspecified atom stereocenters. The van der Waals surface area contributed by atoms with Gasteiger partial charge in [-0.3, -0.25) is 15.5 Å². The van der Waals surface area contributed by atoms with Crippen LogP contribution in [0.3, 0.4) is 0 Å². The van der Waals surface area contributed by atoms with Gasteiger partial charge in [0.2, 0.25) is 0 Å². The number of hydrogen-bond acceptors (Lipinski definition) is 5. The zero-order valence-electron chi connectivity index (χ0n) is 12.6. The van der Waals surface area contributed by atoms with E-state index < -0.39 is 4.92 Å². The molecule has 0 amide bonds. The lowest BCUT2D eigenvalue weighted by Gasteiger charge is -1.98. The van der Waals surface area contributed by atoms with Gasteiger partial charge in [-0.1, -0.05) is 24.1 Å². The van der Waals surface area contributed by atoms with E-state index >= 15 is 0 Å². The molecule has 24 heavy (non-hydrogen) atoms. The lowest BCUT2D eigenvalue weighted by Crippen LogP contribution is -1.95. The Hall–Kier alpha value is -3.66. The topological polar surface area (TPSA) is 85.3 Å². The maximum absolute atomic E-state index is 10.6. The average Bonchev–Trinajstić information content (AvgIpc) is 2.94. The van der Waals surface area contributed by atoms with Gasteiger partial charge in [-0.25, -0.2) is 4.98 Å². The summed E-state index contributed by atoms with van der Waals surface area (Å²) in [5.41, 5.74) is 4.63. The van der Waals surface area contributed by atoms with Crippen LogP contribution >= 0.6 is 0 Å². The minimum atomic E-state index is -0.500. The molecule has 0 spiro atoms. The van der Waals surface area contributed by atoms with Crippen molar-refractivity contribution in [2.45, 2.75) is 6.54 Å². The zero-order chi connectivity index (χ0) is 16.9. The number of nitro groups is 1. The Kier molecular flexibility index (Phi) is 4.21. The Morgan fingerprint density at radius 3 is 2.92 bits per heavy atom. The molecule has 3 rings (SSSR count). The van der Waals surface area contributed by atoms with Crippen LogP contribution in [0, 0.1) is 22.5 Å². The van der Waals surface area contributed by atoms with Crippen molar-refractivity contribution in [1.82, 2.24) is 9.55 Å². The summed E-state index contributed by atoms with van der Waals surface area (Å²) in [5, 5.41) is 15.8. The molecule has 0 saturated heterocycles. The van der Waals surface area contributed by atoms with Gasteiger partial charge in [-0.2, -0.15) is 5.10 Å². The van der Waals surface area contributed by atoms with E-state index in [0.717, 1.165) is 16.5 Å². The zero-order valence-corrected chi connectivity index (χ0v) is 12.6. The molecular weight excluding hydrogens is 306 g/mol. The van der Waals surface area contributed by atoms with Gasteiger partial charge in [-0.05, 0) is 12.1 Å². The third-order valence-electron chi connectivity index (χ3n) is 3.42. The first kappa shape index (κ1) is 15.2. The van der Waals surface area contributed by atoms with Gasteiger partial charge in [0.05, 0.1) is 17.7 Å². The van der Waals surface area contributed by atoms with Crippen LogP contribution in [0.2, 0.25) is 0 Å². The highest BCUT2D eigenvalue weighted by atomic mass is 16.6. The molecule has 7 heteroatoms. The predicted molar refractivity (Wildman–Crippen MR) is 92.9 cm³/mol. The second-order valence-electron chi connectivity index (χ2n) is 4.96. The Morgan fingerprint density at radius 1 is 1.38 bits per heavy atom. The van der Waals surface area contributed by atoms with E-state index in [4.69, 9.17) is 6.42 Å². The molecule has 0 aliphatic heterocycles. The molecule has 0 bridgehead atoms. The number of nitrogens with zero attached hydrogens (tertiary/aromatic N) is 4. The maximum Gasteiger partial charge on any atom is 0.287 e. The van der Waals surface area contributed by atoms with Crippen molar-refractivity contribution >= 4 is 28.6 Å². The number of benzene rings is 1. The van der Waals surface area contributed by atoms with Crippen molar-refractivity contribution in [1.29, 1.82) is 0 Å². The normalized spacial score (nSPS) is 10.8. The van der Waals surface area contributed by atoms with E-state index in [9.17, 15) is 10.1 Å². The van der Waals surface area contributed by atoms with Gasteiger partial charge in [0, 0.05) is 28.7 Å². The highest BCUT2D eigenvalue weighted by Crippen LogP contribution is 2.20. The minimum Gasteiger partial charge on any atom is -0.335 e. The highest BCUT2D eigenvalue weighted by Gasteiger charge is 2.06. The smallest absolute Gasteiger partial charge is 0.287 e. The molecule has 1 N–H and O–H groups in total. The van der Waals surface area contributed by atoms with Crippen LogP contribution in [0.5, 0.6) is 0 Å². The Morgan fingerprint density at radius 2 is 2.21 bits per heavy atom. The quantitative estimate of drug-likeness (QED) is 0.339. The monoisotopic (exact) mass is 319 g/mol. The lowest BCUT2D eigenvalue weighted by atomic mass is 10.2. The van der Waals surface area contributed by atoms with Crippen molar-refractivity contribution in [2.24, 2.45) is 5.10 Å². The fourth-order valence-electron chi connectivity index (χ4n) is 2.34. The maximum atomic E-state index is 10.6. The molecule has 0 radical (unpaired) electrons. The molecule has 2 heterocycles. The molecule has 0 aliphatic carbocycles. The number of fused-ring (bicyclic) bond motifs is 1. The molecule has 0 atom stereocenters. The summed E-state index contributed by atoms with van der Waals surface area (Å²) in [6.45, 7) is 0.478. The van der Waals surface area contributed by atoms with E-state index in [-0.39, 0.29) is 5.69 Å². The molecule has 1 aromatic carbocycles. The number of hydrogen-bond donors (Lipinski definition) is 1. The van der Waals surface area contributed by atoms with E-state index in [1.54, 1.807) is 6.21 Å². The molecule has 118 valence electrons. The SMILES string of the molecule is C#CCn1cc(/C=N/Nc2ccc([N+](=O)[O-])cn2)c2ccccc21. The summed E-state index contributed by atoms with van der Waals surface area (Å²) in [7, 11) is 0. The first-order valence-electron chi connectivity index (χ1n) is 7.10. The number of hydrazone groups is 1. The third kappa shape index (κ3) is 3.08. The van der Waals surface area contributed by atoms with Crippen LogP contribution < -0.4 is 5.43 Å². The van der Waals surface area contributed by atoms with E-state index in [1.165, 1.54) is 18.3 Å². The largest absolute Gasteiger partial charge is 0.335 e. The van der Waals surface area contributed by atoms with Gasteiger partial charge < -0.3 is 4.57 Å². The molecule has 3 aromatic rings. The standard InChI is InChI=1S/C17H13N5O2/c1-2-9-21-12-13(15-5-3-4-6-16(15)21)10-19-20-17-8-7-14(11-18-17)22(23)24/h1,3-8,10-12H,9H2,(H,18,20)/b19-10+. The van der Waals surface area contributed by atoms with Crippen molar-refractivity contribution in [3.05, 3.63) is 64.5 Å². The van der Waals surface area contributed by atoms with Gasteiger partial charge in [0.1, 0.15) is 12.0 Å². The second kappa shape index (κ2) is 6.62. The van der Waals surface area contributed by atoms with E-state index in [0.29, 0.717) is 12.4 Å². The van der Waals surface area contributed by atoms with Crippen LogP contribution in [-0.2, 0) is 6.54 Å². The third-order valence-corrected chi connectivity index (χ3v) is 3.42. The van der Waals surface area contributed by atoms with Gasteiger partial charge >= 0.3 is 0 Å². The number of aromatic nitrogens is 2. The summed E-state index contributed by atoms with van der Waals surface area (Å²) < 4.78 is 1.97. The Balaban J connectivity index is 1.80. The first-order chi connectivity index (χ1) is 11.7. The number of anilines is 1. The van der Waals surface area contributed by atoms with Crippen LogP contribution in [0.1, 0.15) is 5.56 Å². The van der Waals surface area contributed by atoms with Gasteiger partial charge in [0.25, 0.3) is 5.69 Å². The number of rotatable bonds is 5. The molecule has 0 aliphatic rings. The second-order valence-corrected chi connectivity index (χ2v) is 4.96. The van der Waals surface area contributed by atoms with Crippen LogP contribution in [-0.4, -0.2) is 20.7 Å². The summed E-state index contributed by atoms with van der Waals surface area (Å²) >= 11 is 0. The lowest BCUT2D eigenvalue weighted by molar-refractivity contribution is -0.385. The summed E-state index contributed by atoms with van der Waals surface area (Å²) in [5.74, 6) is 3.04. The summed E-state index contributed by atoms with van der Waals surface area (Å²) in [6, 6.07) is 10.8. The molecule has 7 nitrogen and oxygen atoms in total. The van der Waals surface area contributed by atoms with Gasteiger partial charge in [0.15, 0.2) is 0 Å². The van der Waals surface area contributed by atoms with Crippen molar-refractivity contribution in [2.75, 3.05) is 5.43 Å². The van der Waals surface area contributed by atoms with Crippen LogP contribution in [0.4, 0.5) is 11.5 Å². The van der Waals surface area contributed by atoms with Crippen LogP contribution in [0.25, 0.3) is 10.9 Å². The molecular formula is C17H13N5O2. The number of para-hydroxylation sites is 1. The summed E-state index contributed by atoms with van der Waals surface area (Å²) in [4.78, 5) is 14.0. The highest BCUT2D eigenvalue weighted by molar-refractivity contribution is 5.99. The van der Waals surface area contributed by atoms with Gasteiger partial charge in [-0.15, -0.1) is 6.42 Å². The molecule has 0 fully saturated rings. The number of pyridine rings is 1. The Bertz CT molecular complexity index is 951. The molecule has 0 saturated carbocycles. The minimum absolute atomic E-state index is 0.0677. The number of nitrogens with one attached hydrogen (secondary N) is 1. The van der Waals surface area contributed by atoms with Crippen molar-refractivity contribution in [3.63, 3.8) is 0 Å². The summed E-state index contributed by atoms with van der Waals surface area (Å²) in [6.07, 6.45) is 10.2. The Labute approximate surface area is 137 Å². The average molecular weight is 319 g/mol. The van der Waals surface area contributed by atoms with E-state index in [1.807, 2.05) is 35.0 Å². The van der Waals surface area contributed by atoms with Crippen molar-refractivity contribution in [3.8, 4) is 12.3 Å². The molecule has 2 aromatic heterocycles.